The molecule has 3 rings (SSSR count). The van der Waals surface area contributed by atoms with Gasteiger partial charge in [-0.1, -0.05) is 35.9 Å². The van der Waals surface area contributed by atoms with E-state index in [1.165, 1.54) is 11.0 Å². The third kappa shape index (κ3) is 4.48. The highest BCUT2D eigenvalue weighted by Gasteiger charge is 2.31. The summed E-state index contributed by atoms with van der Waals surface area (Å²) in [5.41, 5.74) is 2.73. The van der Waals surface area contributed by atoms with Crippen molar-refractivity contribution in [3.05, 3.63) is 76.7 Å². The first-order valence-corrected chi connectivity index (χ1v) is 10.5. The first-order valence-electron chi connectivity index (χ1n) is 8.79. The van der Waals surface area contributed by atoms with Crippen LogP contribution in [0.2, 0.25) is 0 Å². The van der Waals surface area contributed by atoms with E-state index in [2.05, 4.69) is 0 Å². The molecular formula is C21H21NO5S. The molecule has 7 heteroatoms. The molecule has 6 nitrogen and oxygen atoms in total. The van der Waals surface area contributed by atoms with E-state index in [0.29, 0.717) is 11.3 Å². The van der Waals surface area contributed by atoms with Crippen LogP contribution in [-0.2, 0) is 19.4 Å². The zero-order valence-corrected chi connectivity index (χ0v) is 16.5. The van der Waals surface area contributed by atoms with E-state index < -0.39 is 34.4 Å². The van der Waals surface area contributed by atoms with Gasteiger partial charge >= 0.3 is 5.97 Å². The third-order valence-corrected chi connectivity index (χ3v) is 5.85. The number of benzene rings is 2. The number of sulfone groups is 1. The SMILES string of the molecule is Cc1ccc(C(=O)OCC(=O)N(c2ccccc2)[C@H]2C=CS(=O)(=O)C2)c(C)c1. The van der Waals surface area contributed by atoms with Crippen molar-refractivity contribution in [1.82, 2.24) is 0 Å². The zero-order valence-electron chi connectivity index (χ0n) is 15.7. The predicted molar refractivity (Wildman–Crippen MR) is 107 cm³/mol. The summed E-state index contributed by atoms with van der Waals surface area (Å²) in [4.78, 5) is 26.6. The number of aryl methyl sites for hydroxylation is 2. The van der Waals surface area contributed by atoms with E-state index in [1.54, 1.807) is 49.4 Å². The standard InChI is InChI=1S/C21H21NO5S/c1-15-8-9-19(16(2)12-15)21(24)27-13-20(23)22(17-6-4-3-5-7-17)18-10-11-28(25,26)14-18/h3-12,18H,13-14H2,1-2H3/t18-/m0/s1. The largest absolute Gasteiger partial charge is 0.452 e. The smallest absolute Gasteiger partial charge is 0.338 e. The number of hydrogen-bond acceptors (Lipinski definition) is 5. The molecule has 0 saturated carbocycles. The molecule has 0 N–H and O–H groups in total. The van der Waals surface area contributed by atoms with Crippen molar-refractivity contribution in [2.75, 3.05) is 17.3 Å². The fraction of sp³-hybridized carbons (Fsp3) is 0.238. The molecule has 0 radical (unpaired) electrons. The van der Waals surface area contributed by atoms with Crippen LogP contribution in [0.4, 0.5) is 5.69 Å². The Kier molecular flexibility index (Phi) is 5.65. The molecule has 28 heavy (non-hydrogen) atoms. The van der Waals surface area contributed by atoms with Gasteiger partial charge in [0.15, 0.2) is 16.4 Å². The fourth-order valence-electron chi connectivity index (χ4n) is 3.15. The molecule has 1 heterocycles. The highest BCUT2D eigenvalue weighted by molar-refractivity contribution is 7.94. The molecule has 146 valence electrons. The van der Waals surface area contributed by atoms with Crippen LogP contribution in [0.15, 0.2) is 60.0 Å². The number of para-hydroxylation sites is 1. The maximum Gasteiger partial charge on any atom is 0.338 e. The minimum absolute atomic E-state index is 0.196. The zero-order chi connectivity index (χ0) is 20.3. The van der Waals surface area contributed by atoms with Crippen LogP contribution in [0, 0.1) is 13.8 Å². The van der Waals surface area contributed by atoms with Crippen molar-refractivity contribution in [1.29, 1.82) is 0 Å². The van der Waals surface area contributed by atoms with E-state index >= 15 is 0 Å². The lowest BCUT2D eigenvalue weighted by molar-refractivity contribution is -0.121. The van der Waals surface area contributed by atoms with E-state index in [0.717, 1.165) is 16.5 Å². The molecule has 0 aliphatic carbocycles. The summed E-state index contributed by atoms with van der Waals surface area (Å²) in [5.74, 6) is -1.27. The summed E-state index contributed by atoms with van der Waals surface area (Å²) in [6.45, 7) is 3.24. The Morgan fingerprint density at radius 3 is 2.43 bits per heavy atom. The number of nitrogens with zero attached hydrogens (tertiary/aromatic N) is 1. The van der Waals surface area contributed by atoms with E-state index in [9.17, 15) is 18.0 Å². The Hall–Kier alpha value is -2.93. The lowest BCUT2D eigenvalue weighted by Crippen LogP contribution is -2.43. The highest BCUT2D eigenvalue weighted by Crippen LogP contribution is 2.23. The fourth-order valence-corrected chi connectivity index (χ4v) is 4.41. The summed E-state index contributed by atoms with van der Waals surface area (Å²) < 4.78 is 28.8. The van der Waals surface area contributed by atoms with Gasteiger partial charge in [0.2, 0.25) is 0 Å². The van der Waals surface area contributed by atoms with Gasteiger partial charge in [0.25, 0.3) is 5.91 Å². The summed E-state index contributed by atoms with van der Waals surface area (Å²) >= 11 is 0. The monoisotopic (exact) mass is 399 g/mol. The number of ether oxygens (including phenoxy) is 1. The molecule has 2 aromatic rings. The van der Waals surface area contributed by atoms with E-state index in [4.69, 9.17) is 4.74 Å². The van der Waals surface area contributed by atoms with Crippen molar-refractivity contribution in [3.63, 3.8) is 0 Å². The van der Waals surface area contributed by atoms with Crippen molar-refractivity contribution in [2.45, 2.75) is 19.9 Å². The molecular weight excluding hydrogens is 378 g/mol. The van der Waals surface area contributed by atoms with Gasteiger partial charge in [-0.3, -0.25) is 4.79 Å². The number of hydrogen-bond donors (Lipinski definition) is 0. The second kappa shape index (κ2) is 7.98. The average molecular weight is 399 g/mol. The van der Waals surface area contributed by atoms with E-state index in [1.807, 2.05) is 13.0 Å². The number of esters is 1. The van der Waals surface area contributed by atoms with Crippen LogP contribution >= 0.6 is 0 Å². The Bertz CT molecular complexity index is 1030. The molecule has 1 amide bonds. The van der Waals surface area contributed by atoms with Gasteiger partial charge in [0.05, 0.1) is 17.4 Å². The first kappa shape index (κ1) is 19.8. The molecule has 1 aliphatic heterocycles. The maximum absolute atomic E-state index is 12.8. The van der Waals surface area contributed by atoms with Gasteiger partial charge in [0.1, 0.15) is 0 Å². The molecule has 0 unspecified atom stereocenters. The summed E-state index contributed by atoms with van der Waals surface area (Å²) in [5, 5.41) is 1.11. The van der Waals surface area contributed by atoms with Crippen LogP contribution in [0.1, 0.15) is 21.5 Å². The maximum atomic E-state index is 12.8. The van der Waals surface area contributed by atoms with Crippen LogP contribution in [0.5, 0.6) is 0 Å². The Balaban J connectivity index is 1.76. The molecule has 1 aliphatic rings. The van der Waals surface area contributed by atoms with Crippen LogP contribution in [-0.4, -0.2) is 38.7 Å². The summed E-state index contributed by atoms with van der Waals surface area (Å²) in [6.07, 6.45) is 1.48. The van der Waals surface area contributed by atoms with Crippen molar-refractivity contribution >= 4 is 27.4 Å². The highest BCUT2D eigenvalue weighted by atomic mass is 32.2. The number of carbonyl (C=O) groups excluding carboxylic acids is 2. The minimum atomic E-state index is -3.35. The quantitative estimate of drug-likeness (QED) is 0.722. The van der Waals surface area contributed by atoms with Gasteiger partial charge in [0, 0.05) is 11.1 Å². The number of anilines is 1. The second-order valence-electron chi connectivity index (χ2n) is 6.72. The molecule has 0 fully saturated rings. The topological polar surface area (TPSA) is 80.8 Å². The second-order valence-corrected chi connectivity index (χ2v) is 8.65. The molecule has 0 saturated heterocycles. The first-order chi connectivity index (χ1) is 13.3. The molecule has 0 bridgehead atoms. The predicted octanol–water partition coefficient (Wildman–Crippen LogP) is 2.80. The van der Waals surface area contributed by atoms with Crippen molar-refractivity contribution in [2.24, 2.45) is 0 Å². The normalized spacial score (nSPS) is 17.3. The van der Waals surface area contributed by atoms with Gasteiger partial charge in [-0.2, -0.15) is 0 Å². The summed E-state index contributed by atoms with van der Waals surface area (Å²) in [6, 6.07) is 13.4. The summed E-state index contributed by atoms with van der Waals surface area (Å²) in [7, 11) is -3.35. The number of rotatable bonds is 5. The van der Waals surface area contributed by atoms with Gasteiger partial charge < -0.3 is 9.64 Å². The molecule has 1 atom stereocenters. The average Bonchev–Trinajstić information content (AvgIpc) is 3.00. The van der Waals surface area contributed by atoms with Crippen LogP contribution in [0.25, 0.3) is 0 Å². The minimum Gasteiger partial charge on any atom is -0.452 e. The Morgan fingerprint density at radius 1 is 1.11 bits per heavy atom. The van der Waals surface area contributed by atoms with Gasteiger partial charge in [-0.05, 0) is 43.7 Å². The van der Waals surface area contributed by atoms with Gasteiger partial charge in [-0.25, -0.2) is 13.2 Å². The molecule has 0 aromatic heterocycles. The van der Waals surface area contributed by atoms with E-state index in [-0.39, 0.29) is 5.75 Å². The lowest BCUT2D eigenvalue weighted by Gasteiger charge is -2.27. The van der Waals surface area contributed by atoms with Crippen LogP contribution in [0.3, 0.4) is 0 Å². The van der Waals surface area contributed by atoms with Crippen molar-refractivity contribution < 1.29 is 22.7 Å². The lowest BCUT2D eigenvalue weighted by atomic mass is 10.1. The Labute approximate surface area is 164 Å². The number of carbonyl (C=O) groups is 2. The molecule has 0 spiro atoms. The van der Waals surface area contributed by atoms with Crippen molar-refractivity contribution in [3.8, 4) is 0 Å². The van der Waals surface area contributed by atoms with Gasteiger partial charge in [-0.15, -0.1) is 0 Å². The molecule has 2 aromatic carbocycles. The van der Waals surface area contributed by atoms with Crippen LogP contribution < -0.4 is 4.90 Å². The Morgan fingerprint density at radius 2 is 1.82 bits per heavy atom. The number of amides is 1. The third-order valence-electron chi connectivity index (χ3n) is 4.47.